The Labute approximate surface area is 162 Å². The molecule has 0 aromatic heterocycles. The summed E-state index contributed by atoms with van der Waals surface area (Å²) in [5.41, 5.74) is 3.81. The van der Waals surface area contributed by atoms with E-state index in [1.165, 1.54) is 5.56 Å². The van der Waals surface area contributed by atoms with Crippen molar-refractivity contribution in [2.75, 3.05) is 5.32 Å². The van der Waals surface area contributed by atoms with Crippen LogP contribution in [0.2, 0.25) is 0 Å². The van der Waals surface area contributed by atoms with Crippen molar-refractivity contribution >= 4 is 51.5 Å². The Morgan fingerprint density at radius 1 is 1.08 bits per heavy atom. The van der Waals surface area contributed by atoms with Crippen LogP contribution in [0.4, 0.5) is 5.69 Å². The molecule has 0 spiro atoms. The Morgan fingerprint density at radius 2 is 1.71 bits per heavy atom. The van der Waals surface area contributed by atoms with Crippen LogP contribution < -0.4 is 10.6 Å². The lowest BCUT2D eigenvalue weighted by Crippen LogP contribution is -2.34. The summed E-state index contributed by atoms with van der Waals surface area (Å²) in [6.07, 6.45) is 0. The van der Waals surface area contributed by atoms with Gasteiger partial charge in [0.1, 0.15) is 0 Å². The molecule has 3 nitrogen and oxygen atoms in total. The highest BCUT2D eigenvalue weighted by molar-refractivity contribution is 14.1. The zero-order valence-corrected chi connectivity index (χ0v) is 17.2. The van der Waals surface area contributed by atoms with E-state index in [9.17, 15) is 4.79 Å². The van der Waals surface area contributed by atoms with Gasteiger partial charge in [0.05, 0.1) is 0 Å². The molecule has 0 aliphatic heterocycles. The predicted molar refractivity (Wildman–Crippen MR) is 113 cm³/mol. The van der Waals surface area contributed by atoms with E-state index in [1.54, 1.807) is 0 Å². The molecule has 126 valence electrons. The standard InChI is InChI=1S/C19H21IN2OS/c1-12-11-15(20)9-10-16(12)21-18(24)22-17(23)13-5-7-14(8-6-13)19(2,3)4/h5-11H,1-4H3,(H2,21,22,23,24). The molecule has 2 aromatic carbocycles. The SMILES string of the molecule is Cc1cc(I)ccc1NC(=S)NC(=O)c1ccc(C(C)(C)C)cc1. The van der Waals surface area contributed by atoms with Crippen molar-refractivity contribution in [2.24, 2.45) is 0 Å². The Balaban J connectivity index is 2.02. The smallest absolute Gasteiger partial charge is 0.257 e. The van der Waals surface area contributed by atoms with E-state index in [1.807, 2.05) is 43.3 Å². The van der Waals surface area contributed by atoms with Crippen LogP contribution in [0.1, 0.15) is 42.3 Å². The second-order valence-corrected chi connectivity index (χ2v) is 8.35. The average Bonchev–Trinajstić information content (AvgIpc) is 2.49. The summed E-state index contributed by atoms with van der Waals surface area (Å²) in [6, 6.07) is 13.6. The number of carbonyl (C=O) groups excluding carboxylic acids is 1. The fraction of sp³-hybridized carbons (Fsp3) is 0.263. The monoisotopic (exact) mass is 452 g/mol. The molecule has 0 saturated carbocycles. The van der Waals surface area contributed by atoms with Gasteiger partial charge in [0, 0.05) is 14.8 Å². The average molecular weight is 452 g/mol. The summed E-state index contributed by atoms with van der Waals surface area (Å²) < 4.78 is 1.16. The number of benzene rings is 2. The number of rotatable bonds is 2. The first kappa shape index (κ1) is 18.9. The zero-order valence-electron chi connectivity index (χ0n) is 14.2. The minimum absolute atomic E-state index is 0.0637. The van der Waals surface area contributed by atoms with Gasteiger partial charge >= 0.3 is 0 Å². The van der Waals surface area contributed by atoms with Gasteiger partial charge in [0.15, 0.2) is 5.11 Å². The highest BCUT2D eigenvalue weighted by Gasteiger charge is 2.15. The van der Waals surface area contributed by atoms with E-state index >= 15 is 0 Å². The van der Waals surface area contributed by atoms with Crippen LogP contribution in [-0.2, 0) is 5.41 Å². The maximum atomic E-state index is 12.3. The Bertz CT molecular complexity index is 764. The van der Waals surface area contributed by atoms with E-state index in [0.29, 0.717) is 10.7 Å². The van der Waals surface area contributed by atoms with Crippen LogP contribution in [0, 0.1) is 10.5 Å². The molecule has 0 radical (unpaired) electrons. The molecule has 0 heterocycles. The number of amides is 1. The topological polar surface area (TPSA) is 41.1 Å². The molecule has 0 saturated heterocycles. The second-order valence-electron chi connectivity index (χ2n) is 6.69. The van der Waals surface area contributed by atoms with Crippen molar-refractivity contribution in [3.05, 3.63) is 62.7 Å². The molecule has 2 aromatic rings. The number of carbonyl (C=O) groups is 1. The van der Waals surface area contributed by atoms with E-state index in [0.717, 1.165) is 14.8 Å². The van der Waals surface area contributed by atoms with Crippen LogP contribution in [-0.4, -0.2) is 11.0 Å². The Morgan fingerprint density at radius 3 is 2.25 bits per heavy atom. The van der Waals surface area contributed by atoms with Gasteiger partial charge in [0.25, 0.3) is 5.91 Å². The van der Waals surface area contributed by atoms with Gasteiger partial charge in [-0.1, -0.05) is 32.9 Å². The summed E-state index contributed by atoms with van der Waals surface area (Å²) in [6.45, 7) is 8.43. The molecule has 5 heteroatoms. The lowest BCUT2D eigenvalue weighted by Gasteiger charge is -2.19. The fourth-order valence-corrected chi connectivity index (χ4v) is 3.07. The predicted octanol–water partition coefficient (Wildman–Crippen LogP) is 5.02. The minimum atomic E-state index is -0.212. The van der Waals surface area contributed by atoms with Crippen molar-refractivity contribution in [2.45, 2.75) is 33.1 Å². The maximum absolute atomic E-state index is 12.3. The van der Waals surface area contributed by atoms with Crippen LogP contribution in [0.3, 0.4) is 0 Å². The van der Waals surface area contributed by atoms with E-state index in [4.69, 9.17) is 12.2 Å². The fourth-order valence-electron chi connectivity index (χ4n) is 2.22. The summed E-state index contributed by atoms with van der Waals surface area (Å²) in [5.74, 6) is -0.212. The lowest BCUT2D eigenvalue weighted by atomic mass is 9.87. The van der Waals surface area contributed by atoms with Crippen molar-refractivity contribution in [3.8, 4) is 0 Å². The summed E-state index contributed by atoms with van der Waals surface area (Å²) in [4.78, 5) is 12.3. The van der Waals surface area contributed by atoms with Gasteiger partial charge in [-0.15, -0.1) is 0 Å². The summed E-state index contributed by atoms with van der Waals surface area (Å²) >= 11 is 7.51. The molecule has 0 bridgehead atoms. The molecule has 0 fully saturated rings. The number of thiocarbonyl (C=S) groups is 1. The minimum Gasteiger partial charge on any atom is -0.332 e. The van der Waals surface area contributed by atoms with Gasteiger partial charge in [-0.05, 0) is 88.6 Å². The van der Waals surface area contributed by atoms with Gasteiger partial charge in [0.2, 0.25) is 0 Å². The van der Waals surface area contributed by atoms with Crippen molar-refractivity contribution in [3.63, 3.8) is 0 Å². The molecule has 2 rings (SSSR count). The molecular formula is C19H21IN2OS. The number of hydrogen-bond acceptors (Lipinski definition) is 2. The van der Waals surface area contributed by atoms with Crippen LogP contribution >= 0.6 is 34.8 Å². The molecular weight excluding hydrogens is 431 g/mol. The third-order valence-electron chi connectivity index (χ3n) is 3.68. The lowest BCUT2D eigenvalue weighted by molar-refractivity contribution is 0.0977. The molecule has 0 aliphatic rings. The summed E-state index contributed by atoms with van der Waals surface area (Å²) in [7, 11) is 0. The normalized spacial score (nSPS) is 11.0. The number of halogens is 1. The molecule has 2 N–H and O–H groups in total. The zero-order chi connectivity index (χ0) is 17.9. The highest BCUT2D eigenvalue weighted by Crippen LogP contribution is 2.22. The Hall–Kier alpha value is -1.47. The maximum Gasteiger partial charge on any atom is 0.257 e. The van der Waals surface area contributed by atoms with Crippen molar-refractivity contribution in [1.82, 2.24) is 5.32 Å². The third kappa shape index (κ3) is 5.01. The van der Waals surface area contributed by atoms with Crippen molar-refractivity contribution < 1.29 is 4.79 Å². The van der Waals surface area contributed by atoms with Gasteiger partial charge in [-0.3, -0.25) is 10.1 Å². The number of hydrogen-bond donors (Lipinski definition) is 2. The van der Waals surface area contributed by atoms with Gasteiger partial charge in [-0.2, -0.15) is 0 Å². The third-order valence-corrected chi connectivity index (χ3v) is 4.55. The number of anilines is 1. The molecule has 0 atom stereocenters. The first-order valence-electron chi connectivity index (χ1n) is 7.66. The van der Waals surface area contributed by atoms with Gasteiger partial charge < -0.3 is 5.32 Å². The molecule has 0 aliphatic carbocycles. The molecule has 0 unspecified atom stereocenters. The van der Waals surface area contributed by atoms with Gasteiger partial charge in [-0.25, -0.2) is 0 Å². The Kier molecular flexibility index (Phi) is 5.98. The number of nitrogens with one attached hydrogen (secondary N) is 2. The summed E-state index contributed by atoms with van der Waals surface area (Å²) in [5, 5.41) is 6.09. The van der Waals surface area contributed by atoms with E-state index < -0.39 is 0 Å². The first-order chi connectivity index (χ1) is 11.2. The second kappa shape index (κ2) is 7.61. The first-order valence-corrected chi connectivity index (χ1v) is 9.14. The van der Waals surface area contributed by atoms with Crippen LogP contribution in [0.5, 0.6) is 0 Å². The molecule has 1 amide bonds. The number of aryl methyl sites for hydroxylation is 1. The van der Waals surface area contributed by atoms with Crippen molar-refractivity contribution in [1.29, 1.82) is 0 Å². The molecule has 24 heavy (non-hydrogen) atoms. The largest absolute Gasteiger partial charge is 0.332 e. The van der Waals surface area contributed by atoms with E-state index in [2.05, 4.69) is 60.1 Å². The highest BCUT2D eigenvalue weighted by atomic mass is 127. The van der Waals surface area contributed by atoms with Crippen LogP contribution in [0.25, 0.3) is 0 Å². The van der Waals surface area contributed by atoms with Crippen LogP contribution in [0.15, 0.2) is 42.5 Å². The van der Waals surface area contributed by atoms with E-state index in [-0.39, 0.29) is 11.3 Å². The quantitative estimate of drug-likeness (QED) is 0.497.